The first-order chi connectivity index (χ1) is 31.6. The predicted molar refractivity (Wildman–Crippen MR) is 239 cm³/mol. The smallest absolute Gasteiger partial charge is 0.407 e. The normalized spacial score (nSPS) is 13.3. The quantitative estimate of drug-likeness (QED) is 0.0144. The molecule has 0 heterocycles. The lowest BCUT2D eigenvalue weighted by molar-refractivity contribution is -0.144. The highest BCUT2D eigenvalue weighted by atomic mass is 33.1. The standard InChI is InChI=1S/C40H53N5O19S3/c1-22(47)19-41-40(62)63-13-14-66-67-20-25(36(56)57)17-30(49)29(15-23-5-3-2-4-6-23)43-35(55)24(18-34(53)54)16-26(48)7-8-27(37(58)59)42-31(50)10-9-28(38(60)61)44-39(65)45-32(64-21-46)11-12-33(51)52/h2-6,21,24-25,27-29,32H,7-20H2,1H3,(H,41,62)(H,42,50)(H,43,55)(H,51,52)(H,53,54)(H,56,57)(H,58,59)(H,60,61)(H2,44,45,65)/t24-,25+,27-,28-,29+,32+/m0/s1. The molecule has 10 N–H and O–H groups in total. The minimum Gasteiger partial charge on any atom is -0.481 e. The van der Waals surface area contributed by atoms with Gasteiger partial charge in [-0.15, -0.1) is 0 Å². The number of carbonyl (C=O) groups excluding carboxylic acids is 7. The number of thiocarbonyl (C=S) groups is 1. The van der Waals surface area contributed by atoms with Crippen molar-refractivity contribution in [1.82, 2.24) is 26.6 Å². The van der Waals surface area contributed by atoms with E-state index in [-0.39, 0.29) is 54.9 Å². The molecule has 0 saturated carbocycles. The molecular formula is C40H53N5O19S3. The highest BCUT2D eigenvalue weighted by molar-refractivity contribution is 8.76. The molecule has 6 atom stereocenters. The van der Waals surface area contributed by atoms with Gasteiger partial charge >= 0.3 is 35.9 Å². The summed E-state index contributed by atoms with van der Waals surface area (Å²) in [6.45, 7) is 1.04. The van der Waals surface area contributed by atoms with Crippen molar-refractivity contribution in [2.24, 2.45) is 11.8 Å². The second-order valence-corrected chi connectivity index (χ2v) is 17.5. The molecule has 0 bridgehead atoms. The highest BCUT2D eigenvalue weighted by Gasteiger charge is 2.32. The molecule has 0 fully saturated rings. The van der Waals surface area contributed by atoms with Gasteiger partial charge in [0, 0.05) is 43.6 Å². The summed E-state index contributed by atoms with van der Waals surface area (Å²) in [6.07, 6.45) is -7.14. The van der Waals surface area contributed by atoms with Gasteiger partial charge in [0.2, 0.25) is 11.8 Å². The van der Waals surface area contributed by atoms with Crippen LogP contribution in [0.5, 0.6) is 0 Å². The molecule has 24 nitrogen and oxygen atoms in total. The van der Waals surface area contributed by atoms with Crippen molar-refractivity contribution in [3.05, 3.63) is 35.9 Å². The number of carboxylic acid groups (broad SMARTS) is 5. The summed E-state index contributed by atoms with van der Waals surface area (Å²) in [5.41, 5.74) is 0.553. The van der Waals surface area contributed by atoms with Crippen molar-refractivity contribution >= 4 is 110 Å². The Hall–Kier alpha value is -6.35. The number of alkyl carbamates (subject to hydrolysis) is 1. The van der Waals surface area contributed by atoms with Crippen LogP contribution in [-0.4, -0.2) is 151 Å². The zero-order valence-corrected chi connectivity index (χ0v) is 38.5. The number of nitrogens with one attached hydrogen (secondary N) is 5. The first-order valence-electron chi connectivity index (χ1n) is 20.2. The Morgan fingerprint density at radius 2 is 1.34 bits per heavy atom. The fraction of sp³-hybridized carbons (Fsp3) is 0.525. The number of Topliss-reactive ketones (excluding diaryl/α,β-unsaturated/α-hetero) is 3. The zero-order chi connectivity index (χ0) is 50.5. The largest absolute Gasteiger partial charge is 0.481 e. The fourth-order valence-electron chi connectivity index (χ4n) is 5.64. The van der Waals surface area contributed by atoms with Crippen molar-refractivity contribution in [2.75, 3.05) is 24.7 Å². The number of ether oxygens (including phenoxy) is 2. The molecule has 370 valence electrons. The van der Waals surface area contributed by atoms with E-state index in [2.05, 4.69) is 31.3 Å². The van der Waals surface area contributed by atoms with Crippen molar-refractivity contribution in [2.45, 2.75) is 95.5 Å². The van der Waals surface area contributed by atoms with Crippen LogP contribution in [0.3, 0.4) is 0 Å². The number of carboxylic acids is 5. The van der Waals surface area contributed by atoms with Gasteiger partial charge in [0.05, 0.1) is 37.3 Å². The van der Waals surface area contributed by atoms with E-state index < -0.39 is 147 Å². The van der Waals surface area contributed by atoms with E-state index in [0.717, 1.165) is 21.6 Å². The van der Waals surface area contributed by atoms with Gasteiger partial charge in [-0.3, -0.25) is 43.2 Å². The van der Waals surface area contributed by atoms with E-state index >= 15 is 0 Å². The summed E-state index contributed by atoms with van der Waals surface area (Å²) < 4.78 is 9.60. The second-order valence-electron chi connectivity index (χ2n) is 14.5. The first-order valence-corrected chi connectivity index (χ1v) is 23.1. The summed E-state index contributed by atoms with van der Waals surface area (Å²) in [5.74, 6) is -13.5. The summed E-state index contributed by atoms with van der Waals surface area (Å²) in [6, 6.07) is 3.68. The Morgan fingerprint density at radius 1 is 0.701 bits per heavy atom. The molecule has 0 aromatic heterocycles. The third kappa shape index (κ3) is 27.0. The summed E-state index contributed by atoms with van der Waals surface area (Å²) in [4.78, 5) is 145. The van der Waals surface area contributed by atoms with Gasteiger partial charge in [-0.1, -0.05) is 51.9 Å². The molecule has 0 aliphatic carbocycles. The Labute approximate surface area is 396 Å². The number of benzene rings is 1. The Balaban J connectivity index is 2.95. The molecule has 0 saturated heterocycles. The van der Waals surface area contributed by atoms with Crippen molar-refractivity contribution < 1.29 is 92.5 Å². The van der Waals surface area contributed by atoms with Crippen LogP contribution >= 0.6 is 33.8 Å². The summed E-state index contributed by atoms with van der Waals surface area (Å²) in [7, 11) is 2.24. The lowest BCUT2D eigenvalue weighted by atomic mass is 9.92. The maximum Gasteiger partial charge on any atom is 0.407 e. The lowest BCUT2D eigenvalue weighted by Gasteiger charge is -2.23. The third-order valence-electron chi connectivity index (χ3n) is 9.03. The number of carbonyl (C=O) groups is 12. The first kappa shape index (κ1) is 58.7. The molecule has 0 spiro atoms. The number of hydrogen-bond acceptors (Lipinski definition) is 17. The molecule has 0 aliphatic heterocycles. The van der Waals surface area contributed by atoms with E-state index in [1.54, 1.807) is 30.3 Å². The topological polar surface area (TPSA) is 385 Å². The number of aliphatic carboxylic acids is 5. The minimum atomic E-state index is -1.69. The van der Waals surface area contributed by atoms with Crippen molar-refractivity contribution in [3.8, 4) is 0 Å². The molecule has 0 aliphatic rings. The Bertz CT molecular complexity index is 1920. The van der Waals surface area contributed by atoms with Crippen molar-refractivity contribution in [3.63, 3.8) is 0 Å². The van der Waals surface area contributed by atoms with E-state index in [1.807, 2.05) is 0 Å². The molecule has 3 amide bonds. The maximum atomic E-state index is 13.7. The average molecular weight is 1000 g/mol. The summed E-state index contributed by atoms with van der Waals surface area (Å²) in [5, 5.41) is 59.0. The Kier molecular flexibility index (Phi) is 28.3. The molecule has 1 aromatic rings. The van der Waals surface area contributed by atoms with Crippen LogP contribution in [0.2, 0.25) is 0 Å². The van der Waals surface area contributed by atoms with Gasteiger partial charge in [0.1, 0.15) is 30.3 Å². The highest BCUT2D eigenvalue weighted by Crippen LogP contribution is 2.26. The van der Waals surface area contributed by atoms with Gasteiger partial charge in [-0.05, 0) is 44.0 Å². The summed E-state index contributed by atoms with van der Waals surface area (Å²) >= 11 is 5.00. The van der Waals surface area contributed by atoms with Crippen LogP contribution in [0.25, 0.3) is 0 Å². The van der Waals surface area contributed by atoms with Crippen LogP contribution in [-0.2, 0) is 68.6 Å². The van der Waals surface area contributed by atoms with Gasteiger partial charge in [-0.25, -0.2) is 14.4 Å². The second kappa shape index (κ2) is 32.3. The van der Waals surface area contributed by atoms with Gasteiger partial charge in [0.25, 0.3) is 6.47 Å². The monoisotopic (exact) mass is 1000 g/mol. The van der Waals surface area contributed by atoms with Crippen molar-refractivity contribution in [1.29, 1.82) is 0 Å². The van der Waals surface area contributed by atoms with E-state index in [4.69, 9.17) is 22.1 Å². The van der Waals surface area contributed by atoms with E-state index in [9.17, 15) is 78.0 Å². The molecule has 1 rings (SSSR count). The van der Waals surface area contributed by atoms with Gasteiger partial charge in [0.15, 0.2) is 17.1 Å². The maximum absolute atomic E-state index is 13.7. The molecule has 0 radical (unpaired) electrons. The van der Waals surface area contributed by atoms with Crippen LogP contribution in [0, 0.1) is 11.8 Å². The molecule has 67 heavy (non-hydrogen) atoms. The van der Waals surface area contributed by atoms with Crippen LogP contribution in [0.1, 0.15) is 70.3 Å². The van der Waals surface area contributed by atoms with Crippen LogP contribution < -0.4 is 26.6 Å². The molecule has 0 unspecified atom stereocenters. The van der Waals surface area contributed by atoms with E-state index in [0.29, 0.717) is 5.56 Å². The van der Waals surface area contributed by atoms with E-state index in [1.165, 1.54) is 6.92 Å². The number of amides is 3. The fourth-order valence-corrected chi connectivity index (χ4v) is 8.04. The number of rotatable bonds is 36. The zero-order valence-electron chi connectivity index (χ0n) is 36.0. The minimum absolute atomic E-state index is 0.0200. The van der Waals surface area contributed by atoms with Gasteiger partial charge < -0.3 is 61.6 Å². The third-order valence-corrected chi connectivity index (χ3v) is 11.7. The van der Waals surface area contributed by atoms with Gasteiger partial charge in [-0.2, -0.15) is 0 Å². The molecule has 1 aromatic carbocycles. The number of hydrogen-bond donors (Lipinski definition) is 10. The molecular weight excluding hydrogens is 951 g/mol. The van der Waals surface area contributed by atoms with Crippen LogP contribution in [0.15, 0.2) is 30.3 Å². The Morgan fingerprint density at radius 3 is 1.93 bits per heavy atom. The predicted octanol–water partition coefficient (Wildman–Crippen LogP) is 0.532. The SMILES string of the molecule is CC(=O)CNC(=O)OCCSSC[C@@H](CC(=O)[C@@H](Cc1ccccc1)NC(=O)[C@H](CC(=O)O)CC(=O)CC[C@H](NC(=O)CC[C@H](NC(=S)N[C@@H](CCC(=O)O)OC=O)C(=O)O)C(=O)O)C(=O)O. The molecule has 27 heteroatoms. The lowest BCUT2D eigenvalue weighted by Crippen LogP contribution is -2.50. The number of ketones is 3. The van der Waals surface area contributed by atoms with Crippen LogP contribution in [0.4, 0.5) is 4.79 Å². The average Bonchev–Trinajstić information content (AvgIpc) is 3.24.